The number of imide groups is 1. The molecule has 0 unspecified atom stereocenters. The van der Waals surface area contributed by atoms with Crippen molar-refractivity contribution in [3.63, 3.8) is 0 Å². The number of ether oxygens (including phenoxy) is 2. The summed E-state index contributed by atoms with van der Waals surface area (Å²) in [4.78, 5) is 37.0. The highest BCUT2D eigenvalue weighted by Gasteiger charge is 2.36. The lowest BCUT2D eigenvalue weighted by molar-refractivity contribution is -0.385. The zero-order valence-corrected chi connectivity index (χ0v) is 16.6. The van der Waals surface area contributed by atoms with E-state index in [1.54, 1.807) is 30.3 Å². The molecule has 2 aromatic rings. The first kappa shape index (κ1) is 20.4. The number of benzene rings is 2. The van der Waals surface area contributed by atoms with Crippen molar-refractivity contribution in [2.75, 3.05) is 13.7 Å². The number of hydrogen-bond donors (Lipinski definition) is 0. The number of para-hydroxylation sites is 1. The van der Waals surface area contributed by atoms with Gasteiger partial charge in [-0.25, -0.2) is 0 Å². The van der Waals surface area contributed by atoms with Crippen LogP contribution >= 0.6 is 11.8 Å². The summed E-state index contributed by atoms with van der Waals surface area (Å²) in [5.74, 6) is 0.600. The number of carbonyl (C=O) groups is 2. The van der Waals surface area contributed by atoms with Gasteiger partial charge in [0.2, 0.25) is 0 Å². The van der Waals surface area contributed by atoms with Crippen molar-refractivity contribution < 1.29 is 24.0 Å². The van der Waals surface area contributed by atoms with Gasteiger partial charge in [-0.15, -0.1) is 0 Å². The molecule has 0 atom stereocenters. The summed E-state index contributed by atoms with van der Waals surface area (Å²) in [6.07, 6.45) is 1.59. The molecule has 0 N–H and O–H groups in total. The minimum absolute atomic E-state index is 0.132. The van der Waals surface area contributed by atoms with Crippen LogP contribution in [-0.2, 0) is 11.3 Å². The molecule has 1 aliphatic heterocycles. The Morgan fingerprint density at radius 3 is 2.62 bits per heavy atom. The lowest BCUT2D eigenvalue weighted by atomic mass is 10.1. The van der Waals surface area contributed by atoms with Crippen LogP contribution in [0.3, 0.4) is 0 Å². The molecule has 8 nitrogen and oxygen atoms in total. The summed E-state index contributed by atoms with van der Waals surface area (Å²) >= 11 is 0.796. The van der Waals surface area contributed by atoms with Gasteiger partial charge in [-0.2, -0.15) is 0 Å². The number of rotatable bonds is 7. The molecular weight excluding hydrogens is 396 g/mol. The first-order valence-electron chi connectivity index (χ1n) is 8.73. The largest absolute Gasteiger partial charge is 0.493 e. The number of amides is 2. The zero-order valence-electron chi connectivity index (χ0n) is 15.8. The fraction of sp³-hybridized carbons (Fsp3) is 0.200. The van der Waals surface area contributed by atoms with E-state index in [1.165, 1.54) is 25.3 Å². The lowest BCUT2D eigenvalue weighted by Gasteiger charge is -2.12. The molecule has 0 spiro atoms. The van der Waals surface area contributed by atoms with Crippen molar-refractivity contribution in [3.05, 3.63) is 68.6 Å². The van der Waals surface area contributed by atoms with E-state index in [0.29, 0.717) is 29.2 Å². The summed E-state index contributed by atoms with van der Waals surface area (Å²) in [5.41, 5.74) is 0.835. The number of nitro groups is 1. The molecule has 29 heavy (non-hydrogen) atoms. The second kappa shape index (κ2) is 8.78. The van der Waals surface area contributed by atoms with Gasteiger partial charge in [0.25, 0.3) is 16.8 Å². The van der Waals surface area contributed by atoms with E-state index in [4.69, 9.17) is 9.47 Å². The number of thioether (sulfide) groups is 1. The molecule has 0 saturated carbocycles. The van der Waals surface area contributed by atoms with Gasteiger partial charge in [-0.3, -0.25) is 24.6 Å². The third-order valence-corrected chi connectivity index (χ3v) is 5.08. The number of nitro benzene ring substituents is 1. The molecule has 2 aromatic carbocycles. The quantitative estimate of drug-likeness (QED) is 0.380. The average Bonchev–Trinajstić information content (AvgIpc) is 2.96. The standard InChI is InChI=1S/C20H18N2O6S/c1-3-28-17-10-13(8-9-16(17)27-2)11-18-19(23)21(20(24)29-18)12-14-6-4-5-7-15(14)22(25)26/h4-11H,3,12H2,1-2H3/b18-11-. The van der Waals surface area contributed by atoms with Crippen molar-refractivity contribution in [2.24, 2.45) is 0 Å². The first-order valence-corrected chi connectivity index (χ1v) is 9.54. The maximum Gasteiger partial charge on any atom is 0.293 e. The maximum absolute atomic E-state index is 12.7. The molecule has 1 aliphatic rings. The minimum Gasteiger partial charge on any atom is -0.493 e. The van der Waals surface area contributed by atoms with E-state index in [1.807, 2.05) is 6.92 Å². The Bertz CT molecular complexity index is 1000. The predicted octanol–water partition coefficient (Wildman–Crippen LogP) is 4.24. The second-order valence-corrected chi connectivity index (χ2v) is 6.99. The molecule has 0 radical (unpaired) electrons. The van der Waals surface area contributed by atoms with Crippen LogP contribution < -0.4 is 9.47 Å². The van der Waals surface area contributed by atoms with E-state index in [-0.39, 0.29) is 17.1 Å². The van der Waals surface area contributed by atoms with Crippen LogP contribution in [0.2, 0.25) is 0 Å². The molecule has 3 rings (SSSR count). The minimum atomic E-state index is -0.531. The van der Waals surface area contributed by atoms with Crippen LogP contribution in [0.5, 0.6) is 11.5 Å². The smallest absolute Gasteiger partial charge is 0.293 e. The molecule has 0 aromatic heterocycles. The third-order valence-electron chi connectivity index (χ3n) is 4.18. The van der Waals surface area contributed by atoms with E-state index in [0.717, 1.165) is 16.7 Å². The van der Waals surface area contributed by atoms with Crippen molar-refractivity contribution in [2.45, 2.75) is 13.5 Å². The lowest BCUT2D eigenvalue weighted by Crippen LogP contribution is -2.27. The molecule has 0 aliphatic carbocycles. The van der Waals surface area contributed by atoms with E-state index < -0.39 is 16.1 Å². The normalized spacial score (nSPS) is 15.1. The van der Waals surface area contributed by atoms with Crippen LogP contribution in [0.4, 0.5) is 10.5 Å². The summed E-state index contributed by atoms with van der Waals surface area (Å²) in [7, 11) is 1.53. The van der Waals surface area contributed by atoms with Gasteiger partial charge in [0.15, 0.2) is 11.5 Å². The zero-order chi connectivity index (χ0) is 21.0. The molecular formula is C20H18N2O6S. The maximum atomic E-state index is 12.7. The summed E-state index contributed by atoms with van der Waals surface area (Å²) in [5, 5.41) is 10.7. The van der Waals surface area contributed by atoms with Crippen LogP contribution in [0, 0.1) is 10.1 Å². The predicted molar refractivity (Wildman–Crippen MR) is 109 cm³/mol. The molecule has 150 valence electrons. The molecule has 1 heterocycles. The highest BCUT2D eigenvalue weighted by Crippen LogP contribution is 2.36. The van der Waals surface area contributed by atoms with Crippen LogP contribution in [0.25, 0.3) is 6.08 Å². The van der Waals surface area contributed by atoms with Crippen molar-refractivity contribution in [3.8, 4) is 11.5 Å². The summed E-state index contributed by atoms with van der Waals surface area (Å²) < 4.78 is 10.8. The van der Waals surface area contributed by atoms with Gasteiger partial charge in [-0.1, -0.05) is 24.3 Å². The Morgan fingerprint density at radius 1 is 1.17 bits per heavy atom. The number of nitrogens with zero attached hydrogens (tertiary/aromatic N) is 2. The number of hydrogen-bond acceptors (Lipinski definition) is 7. The Labute approximate surface area is 171 Å². The van der Waals surface area contributed by atoms with Crippen molar-refractivity contribution >= 4 is 34.7 Å². The Kier molecular flexibility index (Phi) is 6.18. The topological polar surface area (TPSA) is 99.0 Å². The number of methoxy groups -OCH3 is 1. The fourth-order valence-corrected chi connectivity index (χ4v) is 3.67. The van der Waals surface area contributed by atoms with Gasteiger partial charge in [0.05, 0.1) is 30.1 Å². The first-order chi connectivity index (χ1) is 13.9. The SMILES string of the molecule is CCOc1cc(/C=C2\SC(=O)N(Cc3ccccc3[N+](=O)[O-])C2=O)ccc1OC. The highest BCUT2D eigenvalue weighted by molar-refractivity contribution is 8.18. The molecule has 2 amide bonds. The van der Waals surface area contributed by atoms with Crippen LogP contribution in [0.15, 0.2) is 47.4 Å². The average molecular weight is 414 g/mol. The van der Waals surface area contributed by atoms with Gasteiger partial charge in [-0.05, 0) is 42.5 Å². The highest BCUT2D eigenvalue weighted by atomic mass is 32.2. The molecule has 1 saturated heterocycles. The van der Waals surface area contributed by atoms with Gasteiger partial charge in [0, 0.05) is 11.6 Å². The van der Waals surface area contributed by atoms with Crippen molar-refractivity contribution in [1.29, 1.82) is 0 Å². The Morgan fingerprint density at radius 2 is 1.93 bits per heavy atom. The Balaban J connectivity index is 1.86. The third kappa shape index (κ3) is 4.40. The van der Waals surface area contributed by atoms with Gasteiger partial charge >= 0.3 is 0 Å². The van der Waals surface area contributed by atoms with Gasteiger partial charge in [0.1, 0.15) is 0 Å². The molecule has 1 fully saturated rings. The van der Waals surface area contributed by atoms with E-state index in [9.17, 15) is 19.7 Å². The Hall–Kier alpha value is -3.33. The van der Waals surface area contributed by atoms with E-state index in [2.05, 4.69) is 0 Å². The monoisotopic (exact) mass is 414 g/mol. The van der Waals surface area contributed by atoms with Gasteiger partial charge < -0.3 is 9.47 Å². The van der Waals surface area contributed by atoms with Crippen LogP contribution in [-0.4, -0.2) is 34.7 Å². The summed E-state index contributed by atoms with van der Waals surface area (Å²) in [6.45, 7) is 2.14. The molecule has 9 heteroatoms. The molecule has 0 bridgehead atoms. The van der Waals surface area contributed by atoms with E-state index >= 15 is 0 Å². The number of carbonyl (C=O) groups excluding carboxylic acids is 2. The summed E-state index contributed by atoms with van der Waals surface area (Å²) in [6, 6.07) is 11.2. The van der Waals surface area contributed by atoms with Crippen LogP contribution in [0.1, 0.15) is 18.1 Å². The second-order valence-electron chi connectivity index (χ2n) is 6.00. The van der Waals surface area contributed by atoms with Crippen molar-refractivity contribution in [1.82, 2.24) is 4.90 Å². The fourth-order valence-electron chi connectivity index (χ4n) is 2.83.